The van der Waals surface area contributed by atoms with E-state index in [1.54, 1.807) is 11.8 Å². The van der Waals surface area contributed by atoms with E-state index in [2.05, 4.69) is 25.1 Å². The second-order valence-electron chi connectivity index (χ2n) is 4.20. The number of hydrogen-bond donors (Lipinski definition) is 0. The molecule has 0 unspecified atom stereocenters. The zero-order valence-corrected chi connectivity index (χ0v) is 10.3. The fourth-order valence-electron chi connectivity index (χ4n) is 1.52. The highest BCUT2D eigenvalue weighted by Gasteiger charge is 2.25. The van der Waals surface area contributed by atoms with Crippen LogP contribution in [-0.4, -0.2) is 17.3 Å². The summed E-state index contributed by atoms with van der Waals surface area (Å²) < 4.78 is 5.88. The van der Waals surface area contributed by atoms with Gasteiger partial charge in [0.1, 0.15) is 5.75 Å². The Labute approximate surface area is 95.4 Å². The summed E-state index contributed by atoms with van der Waals surface area (Å²) in [5.74, 6) is 1.47. The van der Waals surface area contributed by atoms with Crippen molar-refractivity contribution in [3.05, 3.63) is 18.0 Å². The van der Waals surface area contributed by atoms with E-state index in [1.165, 1.54) is 17.7 Å². The molecule has 1 aliphatic rings. The molecule has 1 saturated carbocycles. The van der Waals surface area contributed by atoms with Gasteiger partial charge in [0.15, 0.2) is 0 Å². The molecule has 82 valence electrons. The van der Waals surface area contributed by atoms with Crippen LogP contribution in [-0.2, 0) is 0 Å². The van der Waals surface area contributed by atoms with Crippen LogP contribution in [0, 0.1) is 0 Å². The van der Waals surface area contributed by atoms with Gasteiger partial charge in [-0.1, -0.05) is 13.8 Å². The van der Waals surface area contributed by atoms with E-state index in [0.29, 0.717) is 12.0 Å². The molecule has 1 fully saturated rings. The molecule has 0 radical (unpaired) electrons. The topological polar surface area (TPSA) is 22.1 Å². The minimum absolute atomic E-state index is 0.454. The summed E-state index contributed by atoms with van der Waals surface area (Å²) in [4.78, 5) is 5.64. The maximum atomic E-state index is 5.88. The van der Waals surface area contributed by atoms with E-state index in [4.69, 9.17) is 4.74 Å². The van der Waals surface area contributed by atoms with Gasteiger partial charge >= 0.3 is 0 Å². The molecule has 0 aromatic carbocycles. The predicted octanol–water partition coefficient (Wildman–Crippen LogP) is 3.47. The summed E-state index contributed by atoms with van der Waals surface area (Å²) >= 11 is 1.73. The van der Waals surface area contributed by atoms with Crippen molar-refractivity contribution in [2.45, 2.75) is 43.6 Å². The van der Waals surface area contributed by atoms with Gasteiger partial charge < -0.3 is 4.74 Å². The van der Waals surface area contributed by atoms with E-state index < -0.39 is 0 Å². The largest absolute Gasteiger partial charge is 0.489 e. The molecule has 0 bridgehead atoms. The zero-order valence-electron chi connectivity index (χ0n) is 9.49. The van der Waals surface area contributed by atoms with E-state index in [9.17, 15) is 0 Å². The van der Waals surface area contributed by atoms with Crippen molar-refractivity contribution in [1.29, 1.82) is 0 Å². The quantitative estimate of drug-likeness (QED) is 0.730. The molecule has 0 spiro atoms. The van der Waals surface area contributed by atoms with Crippen LogP contribution >= 0.6 is 11.8 Å². The third-order valence-electron chi connectivity index (χ3n) is 2.46. The lowest BCUT2D eigenvalue weighted by Crippen LogP contribution is -2.02. The van der Waals surface area contributed by atoms with Crippen molar-refractivity contribution in [3.63, 3.8) is 0 Å². The maximum absolute atomic E-state index is 5.88. The van der Waals surface area contributed by atoms with Crippen LogP contribution in [0.15, 0.2) is 17.2 Å². The highest BCUT2D eigenvalue weighted by atomic mass is 32.2. The van der Waals surface area contributed by atoms with Crippen LogP contribution in [0.4, 0.5) is 0 Å². The minimum Gasteiger partial charge on any atom is -0.489 e. The molecule has 15 heavy (non-hydrogen) atoms. The van der Waals surface area contributed by atoms with Gasteiger partial charge in [-0.05, 0) is 31.1 Å². The van der Waals surface area contributed by atoms with E-state index in [1.807, 2.05) is 12.3 Å². The van der Waals surface area contributed by atoms with E-state index >= 15 is 0 Å². The third kappa shape index (κ3) is 2.46. The first-order chi connectivity index (χ1) is 7.22. The zero-order chi connectivity index (χ0) is 10.8. The van der Waals surface area contributed by atoms with Crippen LogP contribution in [0.25, 0.3) is 0 Å². The van der Waals surface area contributed by atoms with E-state index in [0.717, 1.165) is 11.4 Å². The van der Waals surface area contributed by atoms with Crippen LogP contribution in [0.1, 0.15) is 38.3 Å². The SMILES string of the molecule is CSc1c(OC2CC2)ccnc1C(C)C. The highest BCUT2D eigenvalue weighted by molar-refractivity contribution is 7.98. The molecule has 1 aromatic heterocycles. The molecule has 0 N–H and O–H groups in total. The molecule has 0 saturated heterocycles. The molecule has 1 heterocycles. The minimum atomic E-state index is 0.454. The Morgan fingerprint density at radius 1 is 1.47 bits per heavy atom. The summed E-state index contributed by atoms with van der Waals surface area (Å²) in [6.45, 7) is 4.34. The van der Waals surface area contributed by atoms with Gasteiger partial charge in [0, 0.05) is 6.20 Å². The van der Waals surface area contributed by atoms with Gasteiger partial charge in [0.25, 0.3) is 0 Å². The Morgan fingerprint density at radius 2 is 2.20 bits per heavy atom. The van der Waals surface area contributed by atoms with Crippen LogP contribution in [0.3, 0.4) is 0 Å². The molecular formula is C12H17NOS. The Bertz CT molecular complexity index is 347. The monoisotopic (exact) mass is 223 g/mol. The second kappa shape index (κ2) is 4.44. The van der Waals surface area contributed by atoms with Gasteiger partial charge in [-0.15, -0.1) is 11.8 Å². The number of thioether (sulfide) groups is 1. The van der Waals surface area contributed by atoms with Crippen molar-refractivity contribution >= 4 is 11.8 Å². The lowest BCUT2D eigenvalue weighted by molar-refractivity contribution is 0.294. The number of pyridine rings is 1. The van der Waals surface area contributed by atoms with E-state index in [-0.39, 0.29) is 0 Å². The van der Waals surface area contributed by atoms with Crippen molar-refractivity contribution in [2.24, 2.45) is 0 Å². The fraction of sp³-hybridized carbons (Fsp3) is 0.583. The lowest BCUT2D eigenvalue weighted by Gasteiger charge is -2.14. The summed E-state index contributed by atoms with van der Waals surface area (Å²) in [6, 6.07) is 1.98. The van der Waals surface area contributed by atoms with Gasteiger partial charge in [0.2, 0.25) is 0 Å². The molecule has 0 atom stereocenters. The Hall–Kier alpha value is -0.700. The fourth-order valence-corrected chi connectivity index (χ4v) is 2.34. The van der Waals surface area contributed by atoms with Gasteiger partial charge in [-0.2, -0.15) is 0 Å². The average molecular weight is 223 g/mol. The number of rotatable bonds is 4. The van der Waals surface area contributed by atoms with Gasteiger partial charge in [-0.25, -0.2) is 0 Å². The normalized spacial score (nSPS) is 15.7. The first kappa shape index (κ1) is 10.8. The summed E-state index contributed by atoms with van der Waals surface area (Å²) in [6.07, 6.45) is 6.80. The summed E-state index contributed by atoms with van der Waals surface area (Å²) in [5, 5.41) is 0. The molecule has 0 aliphatic heterocycles. The number of aromatic nitrogens is 1. The second-order valence-corrected chi connectivity index (χ2v) is 5.02. The first-order valence-corrected chi connectivity index (χ1v) is 6.64. The molecule has 2 nitrogen and oxygen atoms in total. The third-order valence-corrected chi connectivity index (χ3v) is 3.28. The number of hydrogen-bond acceptors (Lipinski definition) is 3. The van der Waals surface area contributed by atoms with Gasteiger partial charge in [-0.3, -0.25) is 4.98 Å². The maximum Gasteiger partial charge on any atom is 0.136 e. The number of nitrogens with zero attached hydrogens (tertiary/aromatic N) is 1. The molecule has 2 rings (SSSR count). The molecule has 1 aromatic rings. The van der Waals surface area contributed by atoms with Crippen molar-refractivity contribution < 1.29 is 4.74 Å². The predicted molar refractivity (Wildman–Crippen MR) is 63.8 cm³/mol. The summed E-state index contributed by atoms with van der Waals surface area (Å²) in [7, 11) is 0. The Morgan fingerprint density at radius 3 is 2.73 bits per heavy atom. The first-order valence-electron chi connectivity index (χ1n) is 5.42. The van der Waals surface area contributed by atoms with Crippen LogP contribution in [0.5, 0.6) is 5.75 Å². The van der Waals surface area contributed by atoms with Crippen molar-refractivity contribution in [1.82, 2.24) is 4.98 Å². The smallest absolute Gasteiger partial charge is 0.136 e. The standard InChI is InChI=1S/C12H17NOS/c1-8(2)11-12(15-3)10(6-7-13-11)14-9-4-5-9/h6-9H,4-5H2,1-3H3. The molecule has 3 heteroatoms. The molecular weight excluding hydrogens is 206 g/mol. The summed E-state index contributed by atoms with van der Waals surface area (Å²) in [5.41, 5.74) is 1.15. The Balaban J connectivity index is 2.30. The van der Waals surface area contributed by atoms with Crippen LogP contribution < -0.4 is 4.74 Å². The molecule has 1 aliphatic carbocycles. The molecule has 0 amide bonds. The average Bonchev–Trinajstić information content (AvgIpc) is 3.01. The lowest BCUT2D eigenvalue weighted by atomic mass is 10.1. The highest BCUT2D eigenvalue weighted by Crippen LogP contribution is 2.36. The van der Waals surface area contributed by atoms with Gasteiger partial charge in [0.05, 0.1) is 16.7 Å². The number of ether oxygens (including phenoxy) is 1. The van der Waals surface area contributed by atoms with Crippen molar-refractivity contribution in [3.8, 4) is 5.75 Å². The van der Waals surface area contributed by atoms with Crippen molar-refractivity contribution in [2.75, 3.05) is 6.26 Å². The van der Waals surface area contributed by atoms with Crippen LogP contribution in [0.2, 0.25) is 0 Å². The Kier molecular flexibility index (Phi) is 3.19.